The zero-order valence-corrected chi connectivity index (χ0v) is 38.0. The van der Waals surface area contributed by atoms with E-state index in [-0.39, 0.29) is 69.9 Å². The van der Waals surface area contributed by atoms with Crippen molar-refractivity contribution in [2.24, 2.45) is 44.8 Å². The first-order chi connectivity index (χ1) is 29.3. The Bertz CT molecular complexity index is 2230. The van der Waals surface area contributed by atoms with Crippen molar-refractivity contribution in [2.75, 3.05) is 19.8 Å². The van der Waals surface area contributed by atoms with Crippen molar-refractivity contribution in [2.45, 2.75) is 148 Å². The first-order valence-electron chi connectivity index (χ1n) is 23.0. The van der Waals surface area contributed by atoms with Crippen molar-refractivity contribution in [3.8, 4) is 0 Å². The Morgan fingerprint density at radius 1 is 0.984 bits per heavy atom. The molecule has 13 nitrogen and oxygen atoms in total. The van der Waals surface area contributed by atoms with Crippen molar-refractivity contribution < 1.29 is 41.9 Å². The lowest BCUT2D eigenvalue weighted by atomic mass is 9.73. The fourth-order valence-electron chi connectivity index (χ4n) is 12.6. The van der Waals surface area contributed by atoms with E-state index in [1.165, 1.54) is 6.07 Å². The molecule has 1 aromatic carbocycles. The van der Waals surface area contributed by atoms with Gasteiger partial charge in [0.1, 0.15) is 11.0 Å². The predicted octanol–water partition coefficient (Wildman–Crippen LogP) is 7.40. The van der Waals surface area contributed by atoms with E-state index in [9.17, 15) is 27.6 Å². The van der Waals surface area contributed by atoms with Gasteiger partial charge in [0.15, 0.2) is 11.6 Å². The van der Waals surface area contributed by atoms with Gasteiger partial charge in [-0.3, -0.25) is 19.2 Å². The first kappa shape index (κ1) is 44.6. The van der Waals surface area contributed by atoms with E-state index in [0.29, 0.717) is 49.9 Å². The molecule has 2 aromatic rings. The summed E-state index contributed by atoms with van der Waals surface area (Å²) in [4.78, 5) is 77.2. The number of carbonyl (C=O) groups is 5. The lowest BCUT2D eigenvalue weighted by Crippen LogP contribution is -2.51. The van der Waals surface area contributed by atoms with Gasteiger partial charge in [-0.1, -0.05) is 78.5 Å². The number of alkyl carbamates (subject to hydrolysis) is 1. The van der Waals surface area contributed by atoms with Gasteiger partial charge in [0.25, 0.3) is 10.0 Å². The number of amides is 3. The quantitative estimate of drug-likeness (QED) is 0.163. The summed E-state index contributed by atoms with van der Waals surface area (Å²) >= 11 is 0. The Balaban J connectivity index is 1.05. The number of likely N-dealkylation sites (tertiary alicyclic amines) is 1. The first-order valence-corrected chi connectivity index (χ1v) is 24.5. The van der Waals surface area contributed by atoms with Gasteiger partial charge in [-0.2, -0.15) is 0 Å². The number of nitrogens with zero attached hydrogens (tertiary/aromatic N) is 1. The van der Waals surface area contributed by atoms with Crippen LogP contribution in [0.2, 0.25) is 0 Å². The minimum atomic E-state index is -4.33. The van der Waals surface area contributed by atoms with Crippen molar-refractivity contribution >= 4 is 50.4 Å². The summed E-state index contributed by atoms with van der Waals surface area (Å²) in [6.07, 6.45) is 11.5. The highest BCUT2D eigenvalue weighted by molar-refractivity contribution is 7.90. The third kappa shape index (κ3) is 7.52. The standard InChI is InChI=1S/C48H66N4O9S/c1-7-32-26-46(32,42(56)51-62(58,59)38-16-11-15-31-17-22-49-40(31)38)28-37(54)35-27-48(45(5,6)47(48)20-12-21-47)29-52(35)41(55)34(44(2,3)4)25-36(53)39(30-13-9-8-10-14-30)50-43(57)61-33-18-23-60-24-19-33/h7,11,15-17,22,30,32-35,39,49H,1,8-10,12-14,18-21,23-29H2,2-6H3,(H,50,57)(H,51,56)/t32-,34-,35+,39+,46-,48-/m1/s1. The molecule has 1 aromatic heterocycles. The number of ketones is 2. The lowest BCUT2D eigenvalue weighted by Gasteiger charge is -2.37. The molecule has 4 aliphatic carbocycles. The summed E-state index contributed by atoms with van der Waals surface area (Å²) in [6.45, 7) is 15.6. The number of ether oxygens (including phenoxy) is 2. The smallest absolute Gasteiger partial charge is 0.408 e. The summed E-state index contributed by atoms with van der Waals surface area (Å²) in [5.41, 5.74) is -2.11. The second-order valence-corrected chi connectivity index (χ2v) is 22.8. The van der Waals surface area contributed by atoms with Crippen LogP contribution in [0.1, 0.15) is 125 Å². The SMILES string of the molecule is C=C[C@@H]1C[C@]1(CC(=O)[C@@H]1C[C@@]2(CN1C(=O)[C@@H](CC(=O)[C@@H](NC(=O)OC1CCOCC1)C1CCCCC1)C(C)(C)C)C(C)(C)C21CCC1)C(=O)NS(=O)(=O)c1cccc2cc[nH]c12. The lowest BCUT2D eigenvalue weighted by molar-refractivity contribution is -0.146. The molecule has 338 valence electrons. The molecule has 6 aliphatic rings. The molecule has 2 spiro atoms. The Labute approximate surface area is 366 Å². The van der Waals surface area contributed by atoms with Crippen LogP contribution < -0.4 is 10.0 Å². The predicted molar refractivity (Wildman–Crippen MR) is 233 cm³/mol. The molecule has 6 atom stereocenters. The van der Waals surface area contributed by atoms with E-state index in [1.807, 2.05) is 20.8 Å². The van der Waals surface area contributed by atoms with E-state index in [1.54, 1.807) is 35.4 Å². The van der Waals surface area contributed by atoms with E-state index >= 15 is 4.79 Å². The molecule has 6 fully saturated rings. The number of aromatic amines is 1. The number of para-hydroxylation sites is 1. The molecule has 14 heteroatoms. The number of hydrogen-bond acceptors (Lipinski definition) is 9. The summed E-state index contributed by atoms with van der Waals surface area (Å²) in [6, 6.07) is 4.90. The van der Waals surface area contributed by atoms with Gasteiger partial charge in [-0.15, -0.1) is 6.58 Å². The number of H-pyrrole nitrogens is 1. The third-order valence-corrected chi connectivity index (χ3v) is 18.2. The molecule has 3 amide bonds. The monoisotopic (exact) mass is 874 g/mol. The maximum absolute atomic E-state index is 15.4. The number of benzene rings is 1. The van der Waals surface area contributed by atoms with Crippen LogP contribution in [-0.2, 0) is 38.7 Å². The molecule has 62 heavy (non-hydrogen) atoms. The second-order valence-electron chi connectivity index (χ2n) is 21.1. The highest BCUT2D eigenvalue weighted by Crippen LogP contribution is 2.88. The molecule has 8 rings (SSSR count). The van der Waals surface area contributed by atoms with Crippen LogP contribution in [0.5, 0.6) is 0 Å². The number of hydrogen-bond donors (Lipinski definition) is 3. The Kier molecular flexibility index (Phi) is 11.6. The van der Waals surface area contributed by atoms with Crippen LogP contribution >= 0.6 is 0 Å². The molecule has 3 N–H and O–H groups in total. The maximum Gasteiger partial charge on any atom is 0.408 e. The van der Waals surface area contributed by atoms with Gasteiger partial charge in [0.2, 0.25) is 11.8 Å². The molecule has 2 saturated heterocycles. The average molecular weight is 875 g/mol. The Morgan fingerprint density at radius 3 is 2.31 bits per heavy atom. The zero-order chi connectivity index (χ0) is 44.5. The third-order valence-electron chi connectivity index (χ3n) is 16.8. The minimum Gasteiger partial charge on any atom is -0.446 e. The number of carbonyl (C=O) groups excluding carboxylic acids is 5. The second kappa shape index (κ2) is 16.2. The molecule has 3 heterocycles. The van der Waals surface area contributed by atoms with Gasteiger partial charge in [-0.05, 0) is 78.7 Å². The average Bonchev–Trinajstić information content (AvgIpc) is 3.73. The molecule has 0 radical (unpaired) electrons. The molecule has 4 saturated carbocycles. The minimum absolute atomic E-state index is 0.00731. The largest absolute Gasteiger partial charge is 0.446 e. The van der Waals surface area contributed by atoms with Gasteiger partial charge >= 0.3 is 6.09 Å². The normalized spacial score (nSPS) is 29.1. The molecule has 0 unspecified atom stereocenters. The van der Waals surface area contributed by atoms with E-state index in [0.717, 1.165) is 51.4 Å². The van der Waals surface area contributed by atoms with Crippen LogP contribution in [0.4, 0.5) is 4.79 Å². The summed E-state index contributed by atoms with van der Waals surface area (Å²) in [7, 11) is -4.33. The Hall–Kier alpha value is -4.04. The molecule has 0 bridgehead atoms. The number of aromatic nitrogens is 1. The fraction of sp³-hybridized carbons (Fsp3) is 0.688. The van der Waals surface area contributed by atoms with Gasteiger partial charge in [0.05, 0.1) is 36.2 Å². The van der Waals surface area contributed by atoms with E-state index in [4.69, 9.17) is 9.47 Å². The number of nitrogens with one attached hydrogen (secondary N) is 3. The van der Waals surface area contributed by atoms with Crippen molar-refractivity contribution in [3.05, 3.63) is 43.1 Å². The van der Waals surface area contributed by atoms with Crippen molar-refractivity contribution in [3.63, 3.8) is 0 Å². The van der Waals surface area contributed by atoms with Gasteiger partial charge in [0, 0.05) is 55.1 Å². The number of sulfonamides is 1. The highest BCUT2D eigenvalue weighted by Gasteiger charge is 2.85. The van der Waals surface area contributed by atoms with Crippen LogP contribution in [0.25, 0.3) is 10.9 Å². The summed E-state index contributed by atoms with van der Waals surface area (Å²) in [5.74, 6) is -2.86. The Morgan fingerprint density at radius 2 is 1.69 bits per heavy atom. The fourth-order valence-corrected chi connectivity index (χ4v) is 13.9. The van der Waals surface area contributed by atoms with Crippen molar-refractivity contribution in [1.82, 2.24) is 19.9 Å². The van der Waals surface area contributed by atoms with Crippen LogP contribution in [0.3, 0.4) is 0 Å². The van der Waals surface area contributed by atoms with E-state index < -0.39 is 56.8 Å². The summed E-state index contributed by atoms with van der Waals surface area (Å²) < 4.78 is 41.0. The van der Waals surface area contributed by atoms with Crippen LogP contribution in [-0.4, -0.2) is 85.7 Å². The molecular formula is C48H66N4O9S. The molecular weight excluding hydrogens is 809 g/mol. The maximum atomic E-state index is 15.4. The summed E-state index contributed by atoms with van der Waals surface area (Å²) in [5, 5.41) is 3.63. The number of fused-ring (bicyclic) bond motifs is 2. The zero-order valence-electron chi connectivity index (χ0n) is 37.2. The van der Waals surface area contributed by atoms with Crippen LogP contribution in [0.15, 0.2) is 48.0 Å². The van der Waals surface area contributed by atoms with E-state index in [2.05, 4.69) is 35.4 Å². The van der Waals surface area contributed by atoms with Crippen molar-refractivity contribution in [1.29, 1.82) is 0 Å². The molecule has 2 aliphatic heterocycles. The van der Waals surface area contributed by atoms with Crippen LogP contribution in [0, 0.1) is 44.8 Å². The highest BCUT2D eigenvalue weighted by atomic mass is 32.2. The van der Waals surface area contributed by atoms with Gasteiger partial charge < -0.3 is 24.7 Å². The number of Topliss-reactive ketones (excluding diaryl/α,β-unsaturated/α-hetero) is 2. The number of rotatable bonds is 14. The number of allylic oxidation sites excluding steroid dienone is 1. The van der Waals surface area contributed by atoms with Gasteiger partial charge in [-0.25, -0.2) is 17.9 Å². The topological polar surface area (TPSA) is 181 Å².